The first-order valence-electron chi connectivity index (χ1n) is 5.13. The van der Waals surface area contributed by atoms with E-state index in [1.54, 1.807) is 21.3 Å². The largest absolute Gasteiger partial charge is 0.493 e. The van der Waals surface area contributed by atoms with Crippen LogP contribution in [0.25, 0.3) is 0 Å². The van der Waals surface area contributed by atoms with Crippen LogP contribution in [0.4, 0.5) is 0 Å². The van der Waals surface area contributed by atoms with Crippen LogP contribution in [0.2, 0.25) is 0 Å². The lowest BCUT2D eigenvalue weighted by atomic mass is 10.0. The molecule has 1 aliphatic heterocycles. The SMILES string of the molecule is COc1cc2c(c(OC)c1OC)C=NCC2. The molecule has 0 saturated carbocycles. The van der Waals surface area contributed by atoms with Crippen LogP contribution in [0.15, 0.2) is 11.1 Å². The Morgan fingerprint density at radius 3 is 2.44 bits per heavy atom. The summed E-state index contributed by atoms with van der Waals surface area (Å²) in [6.45, 7) is 0.811. The summed E-state index contributed by atoms with van der Waals surface area (Å²) in [6, 6.07) is 1.99. The van der Waals surface area contributed by atoms with Crippen LogP contribution in [0.3, 0.4) is 0 Å². The van der Waals surface area contributed by atoms with Crippen molar-refractivity contribution in [2.75, 3.05) is 27.9 Å². The molecule has 0 unspecified atom stereocenters. The van der Waals surface area contributed by atoms with Crippen LogP contribution in [-0.2, 0) is 6.42 Å². The number of methoxy groups -OCH3 is 3. The summed E-state index contributed by atoms with van der Waals surface area (Å²) in [4.78, 5) is 4.26. The first-order valence-corrected chi connectivity index (χ1v) is 5.13. The van der Waals surface area contributed by atoms with Gasteiger partial charge in [0.25, 0.3) is 0 Å². The summed E-state index contributed by atoms with van der Waals surface area (Å²) in [5, 5.41) is 0. The molecule has 0 radical (unpaired) electrons. The van der Waals surface area contributed by atoms with Crippen LogP contribution in [-0.4, -0.2) is 34.1 Å². The Kier molecular flexibility index (Phi) is 2.99. The predicted octanol–water partition coefficient (Wildman–Crippen LogP) is 1.69. The zero-order valence-corrected chi connectivity index (χ0v) is 9.74. The van der Waals surface area contributed by atoms with Crippen LogP contribution >= 0.6 is 0 Å². The summed E-state index contributed by atoms with van der Waals surface area (Å²) in [6.07, 6.45) is 2.74. The normalized spacial score (nSPS) is 13.2. The number of nitrogens with zero attached hydrogens (tertiary/aromatic N) is 1. The van der Waals surface area contributed by atoms with Gasteiger partial charge in [-0.05, 0) is 18.1 Å². The Bertz CT molecular complexity index is 427. The molecule has 0 bridgehead atoms. The van der Waals surface area contributed by atoms with Crippen LogP contribution < -0.4 is 14.2 Å². The van der Waals surface area contributed by atoms with Crippen molar-refractivity contribution in [3.8, 4) is 17.2 Å². The molecule has 86 valence electrons. The van der Waals surface area contributed by atoms with Gasteiger partial charge < -0.3 is 14.2 Å². The summed E-state index contributed by atoms with van der Waals surface area (Å²) >= 11 is 0. The van der Waals surface area contributed by atoms with E-state index >= 15 is 0 Å². The maximum atomic E-state index is 5.38. The van der Waals surface area contributed by atoms with E-state index in [0.29, 0.717) is 17.2 Å². The van der Waals surface area contributed by atoms with Crippen molar-refractivity contribution in [1.82, 2.24) is 0 Å². The highest BCUT2D eigenvalue weighted by Crippen LogP contribution is 2.42. The third-order valence-electron chi connectivity index (χ3n) is 2.68. The Balaban J connectivity index is 2.66. The van der Waals surface area contributed by atoms with Gasteiger partial charge in [0.2, 0.25) is 5.75 Å². The monoisotopic (exact) mass is 221 g/mol. The first kappa shape index (κ1) is 10.8. The fourth-order valence-corrected chi connectivity index (χ4v) is 1.92. The second kappa shape index (κ2) is 4.43. The average Bonchev–Trinajstić information content (AvgIpc) is 2.36. The van der Waals surface area contributed by atoms with Crippen molar-refractivity contribution in [3.63, 3.8) is 0 Å². The summed E-state index contributed by atoms with van der Waals surface area (Å²) < 4.78 is 16.0. The summed E-state index contributed by atoms with van der Waals surface area (Å²) in [5.74, 6) is 2.02. The van der Waals surface area contributed by atoms with E-state index in [1.807, 2.05) is 12.3 Å². The molecule has 1 aromatic rings. The van der Waals surface area contributed by atoms with Gasteiger partial charge in [0, 0.05) is 18.3 Å². The highest BCUT2D eigenvalue weighted by Gasteiger charge is 2.20. The molecule has 0 saturated heterocycles. The molecule has 4 nitrogen and oxygen atoms in total. The molecule has 1 heterocycles. The van der Waals surface area contributed by atoms with E-state index < -0.39 is 0 Å². The number of aliphatic imine (C=N–C) groups is 1. The van der Waals surface area contributed by atoms with E-state index in [2.05, 4.69) is 4.99 Å². The van der Waals surface area contributed by atoms with Crippen molar-refractivity contribution in [2.24, 2.45) is 4.99 Å². The molecule has 0 aromatic heterocycles. The number of ether oxygens (including phenoxy) is 3. The molecule has 0 N–H and O–H groups in total. The Morgan fingerprint density at radius 1 is 1.06 bits per heavy atom. The van der Waals surface area contributed by atoms with E-state index in [4.69, 9.17) is 14.2 Å². The maximum absolute atomic E-state index is 5.38. The Morgan fingerprint density at radius 2 is 1.81 bits per heavy atom. The van der Waals surface area contributed by atoms with Gasteiger partial charge in [-0.2, -0.15) is 0 Å². The fourth-order valence-electron chi connectivity index (χ4n) is 1.92. The van der Waals surface area contributed by atoms with Crippen molar-refractivity contribution in [1.29, 1.82) is 0 Å². The predicted molar refractivity (Wildman–Crippen MR) is 62.3 cm³/mol. The molecule has 16 heavy (non-hydrogen) atoms. The number of benzene rings is 1. The molecule has 2 rings (SSSR count). The van der Waals surface area contributed by atoms with Crippen LogP contribution in [0.5, 0.6) is 17.2 Å². The lowest BCUT2D eigenvalue weighted by Crippen LogP contribution is -2.07. The van der Waals surface area contributed by atoms with E-state index in [9.17, 15) is 0 Å². The van der Waals surface area contributed by atoms with Crippen molar-refractivity contribution in [3.05, 3.63) is 17.2 Å². The van der Waals surface area contributed by atoms with E-state index in [1.165, 1.54) is 5.56 Å². The number of rotatable bonds is 3. The van der Waals surface area contributed by atoms with Crippen molar-refractivity contribution in [2.45, 2.75) is 6.42 Å². The highest BCUT2D eigenvalue weighted by molar-refractivity contribution is 5.89. The third-order valence-corrected chi connectivity index (χ3v) is 2.68. The molecule has 4 heteroatoms. The first-order chi connectivity index (χ1) is 7.81. The topological polar surface area (TPSA) is 40.0 Å². The van der Waals surface area contributed by atoms with Crippen LogP contribution in [0, 0.1) is 0 Å². The smallest absolute Gasteiger partial charge is 0.203 e. The standard InChI is InChI=1S/C12H15NO3/c1-14-10-6-8-4-5-13-7-9(8)11(15-2)12(10)16-3/h6-7H,4-5H2,1-3H3. The lowest BCUT2D eigenvalue weighted by molar-refractivity contribution is 0.323. The minimum atomic E-state index is 0.622. The van der Waals surface area contributed by atoms with Gasteiger partial charge in [-0.1, -0.05) is 0 Å². The lowest BCUT2D eigenvalue weighted by Gasteiger charge is -2.19. The zero-order chi connectivity index (χ0) is 11.5. The molecule has 0 atom stereocenters. The Hall–Kier alpha value is -1.71. The highest BCUT2D eigenvalue weighted by atomic mass is 16.5. The zero-order valence-electron chi connectivity index (χ0n) is 9.74. The number of hydrogen-bond acceptors (Lipinski definition) is 4. The second-order valence-corrected chi connectivity index (χ2v) is 3.50. The molecule has 0 aliphatic carbocycles. The van der Waals surface area contributed by atoms with Crippen molar-refractivity contribution < 1.29 is 14.2 Å². The fraction of sp³-hybridized carbons (Fsp3) is 0.417. The minimum absolute atomic E-state index is 0.622. The quantitative estimate of drug-likeness (QED) is 0.779. The number of fused-ring (bicyclic) bond motifs is 1. The van der Waals surface area contributed by atoms with Gasteiger partial charge in [0.15, 0.2) is 11.5 Å². The van der Waals surface area contributed by atoms with E-state index in [0.717, 1.165) is 18.5 Å². The molecular formula is C12H15NO3. The van der Waals surface area contributed by atoms with Crippen molar-refractivity contribution >= 4 is 6.21 Å². The number of hydrogen-bond donors (Lipinski definition) is 0. The maximum Gasteiger partial charge on any atom is 0.203 e. The van der Waals surface area contributed by atoms with Gasteiger partial charge >= 0.3 is 0 Å². The minimum Gasteiger partial charge on any atom is -0.493 e. The average molecular weight is 221 g/mol. The van der Waals surface area contributed by atoms with Gasteiger partial charge in [-0.3, -0.25) is 4.99 Å². The van der Waals surface area contributed by atoms with Gasteiger partial charge in [0.1, 0.15) is 0 Å². The second-order valence-electron chi connectivity index (χ2n) is 3.50. The molecular weight excluding hydrogens is 206 g/mol. The summed E-state index contributed by atoms with van der Waals surface area (Å²) in [5.41, 5.74) is 2.18. The molecule has 0 amide bonds. The van der Waals surface area contributed by atoms with Gasteiger partial charge in [-0.25, -0.2) is 0 Å². The van der Waals surface area contributed by atoms with E-state index in [-0.39, 0.29) is 0 Å². The summed E-state index contributed by atoms with van der Waals surface area (Å²) in [7, 11) is 4.85. The van der Waals surface area contributed by atoms with Crippen LogP contribution in [0.1, 0.15) is 11.1 Å². The van der Waals surface area contributed by atoms with Gasteiger partial charge in [0.05, 0.1) is 21.3 Å². The molecule has 0 spiro atoms. The molecule has 1 aromatic carbocycles. The third kappa shape index (κ3) is 1.60. The van der Waals surface area contributed by atoms with Gasteiger partial charge in [-0.15, -0.1) is 0 Å². The molecule has 0 fully saturated rings. The molecule has 1 aliphatic rings. The Labute approximate surface area is 94.9 Å².